The van der Waals surface area contributed by atoms with Crippen LogP contribution < -0.4 is 10.2 Å². The van der Waals surface area contributed by atoms with E-state index in [1.807, 2.05) is 36.6 Å². The number of amides is 1. The van der Waals surface area contributed by atoms with Crippen LogP contribution in [0.2, 0.25) is 0 Å². The molecule has 0 aliphatic carbocycles. The molecule has 138 valence electrons. The molecular formula is C19H18N4O3S. The number of carbonyl (C=O) groups is 1. The standard InChI is InChI=1S/C19H18N4O3S/c1-12-4-6-13(7-5-12)16-11-27-19(20-16)21-18(24)15-10-14(23(25)26)8-9-17(15)22(2)3/h4-11H,1-3H3,(H,20,21,24). The number of hydrogen-bond donors (Lipinski definition) is 1. The van der Waals surface area contributed by atoms with Gasteiger partial charge in [0.2, 0.25) is 0 Å². The lowest BCUT2D eigenvalue weighted by Gasteiger charge is -2.16. The van der Waals surface area contributed by atoms with Gasteiger partial charge in [-0.25, -0.2) is 4.98 Å². The zero-order valence-corrected chi connectivity index (χ0v) is 15.9. The van der Waals surface area contributed by atoms with Crippen molar-refractivity contribution in [2.24, 2.45) is 0 Å². The molecule has 1 heterocycles. The van der Waals surface area contributed by atoms with Crippen LogP contribution in [0.25, 0.3) is 11.3 Å². The largest absolute Gasteiger partial charge is 0.377 e. The Morgan fingerprint density at radius 3 is 2.52 bits per heavy atom. The molecule has 0 bridgehead atoms. The molecule has 0 saturated carbocycles. The van der Waals surface area contributed by atoms with Crippen LogP contribution in [0, 0.1) is 17.0 Å². The van der Waals surface area contributed by atoms with E-state index in [9.17, 15) is 14.9 Å². The number of hydrogen-bond acceptors (Lipinski definition) is 6. The molecule has 27 heavy (non-hydrogen) atoms. The molecule has 0 unspecified atom stereocenters. The third-order valence-electron chi connectivity index (χ3n) is 3.99. The van der Waals surface area contributed by atoms with Crippen molar-refractivity contribution in [3.05, 3.63) is 69.1 Å². The van der Waals surface area contributed by atoms with Gasteiger partial charge in [-0.1, -0.05) is 29.8 Å². The number of nitro benzene ring substituents is 1. The summed E-state index contributed by atoms with van der Waals surface area (Å²) in [6.45, 7) is 2.01. The number of thiazole rings is 1. The molecule has 0 aliphatic rings. The predicted octanol–water partition coefficient (Wildman–Crippen LogP) is 4.35. The fourth-order valence-electron chi connectivity index (χ4n) is 2.56. The summed E-state index contributed by atoms with van der Waals surface area (Å²) in [5.41, 5.74) is 3.56. The second-order valence-corrected chi connectivity index (χ2v) is 7.07. The first-order valence-electron chi connectivity index (χ1n) is 8.15. The van der Waals surface area contributed by atoms with Crippen molar-refractivity contribution in [1.29, 1.82) is 0 Å². The highest BCUT2D eigenvalue weighted by molar-refractivity contribution is 7.14. The molecule has 8 heteroatoms. The van der Waals surface area contributed by atoms with Crippen LogP contribution in [-0.4, -0.2) is 29.9 Å². The molecule has 0 atom stereocenters. The van der Waals surface area contributed by atoms with Gasteiger partial charge in [0, 0.05) is 42.9 Å². The molecule has 3 aromatic rings. The smallest absolute Gasteiger partial charge is 0.270 e. The molecule has 1 aromatic heterocycles. The molecule has 0 saturated heterocycles. The first-order valence-corrected chi connectivity index (χ1v) is 9.03. The number of nitro groups is 1. The van der Waals surface area contributed by atoms with Crippen LogP contribution >= 0.6 is 11.3 Å². The molecule has 0 spiro atoms. The first kappa shape index (κ1) is 18.5. The maximum atomic E-state index is 12.7. The number of nitrogens with one attached hydrogen (secondary N) is 1. The van der Waals surface area contributed by atoms with E-state index in [-0.39, 0.29) is 11.3 Å². The van der Waals surface area contributed by atoms with Crippen LogP contribution in [0.4, 0.5) is 16.5 Å². The number of nitrogens with zero attached hydrogens (tertiary/aromatic N) is 3. The number of non-ortho nitro benzene ring substituents is 1. The van der Waals surface area contributed by atoms with E-state index in [0.717, 1.165) is 16.8 Å². The quantitative estimate of drug-likeness (QED) is 0.524. The summed E-state index contributed by atoms with van der Waals surface area (Å²) in [6, 6.07) is 12.2. The zero-order chi connectivity index (χ0) is 19.6. The second kappa shape index (κ2) is 7.55. The Morgan fingerprint density at radius 2 is 1.89 bits per heavy atom. The summed E-state index contributed by atoms with van der Waals surface area (Å²) in [5, 5.41) is 16.1. The molecule has 0 fully saturated rings. The first-order chi connectivity index (χ1) is 12.8. The van der Waals surface area contributed by atoms with E-state index in [1.165, 1.54) is 23.5 Å². The maximum absolute atomic E-state index is 12.7. The number of benzene rings is 2. The Kier molecular flexibility index (Phi) is 5.18. The van der Waals surface area contributed by atoms with Crippen molar-refractivity contribution in [2.45, 2.75) is 6.92 Å². The van der Waals surface area contributed by atoms with E-state index in [0.29, 0.717) is 10.8 Å². The fourth-order valence-corrected chi connectivity index (χ4v) is 3.28. The van der Waals surface area contributed by atoms with Gasteiger partial charge in [-0.15, -0.1) is 11.3 Å². The summed E-state index contributed by atoms with van der Waals surface area (Å²) in [6.07, 6.45) is 0. The van der Waals surface area contributed by atoms with Crippen molar-refractivity contribution < 1.29 is 9.72 Å². The third kappa shape index (κ3) is 4.12. The lowest BCUT2D eigenvalue weighted by Crippen LogP contribution is -2.18. The van der Waals surface area contributed by atoms with Crippen LogP contribution in [0.15, 0.2) is 47.8 Å². The molecule has 1 amide bonds. The van der Waals surface area contributed by atoms with E-state index in [1.54, 1.807) is 25.1 Å². The molecule has 3 rings (SSSR count). The molecule has 0 aliphatic heterocycles. The van der Waals surface area contributed by atoms with Crippen molar-refractivity contribution in [3.8, 4) is 11.3 Å². The molecule has 0 radical (unpaired) electrons. The minimum Gasteiger partial charge on any atom is -0.377 e. The highest BCUT2D eigenvalue weighted by atomic mass is 32.1. The van der Waals surface area contributed by atoms with Gasteiger partial charge in [0.1, 0.15) is 0 Å². The van der Waals surface area contributed by atoms with Gasteiger partial charge in [-0.2, -0.15) is 0 Å². The van der Waals surface area contributed by atoms with Gasteiger partial charge in [0.15, 0.2) is 5.13 Å². The monoisotopic (exact) mass is 382 g/mol. The Balaban J connectivity index is 1.86. The van der Waals surface area contributed by atoms with Gasteiger partial charge < -0.3 is 4.90 Å². The van der Waals surface area contributed by atoms with E-state index in [4.69, 9.17) is 0 Å². The van der Waals surface area contributed by atoms with E-state index >= 15 is 0 Å². The SMILES string of the molecule is Cc1ccc(-c2csc(NC(=O)c3cc([N+](=O)[O-])ccc3N(C)C)n2)cc1. The van der Waals surface area contributed by atoms with Crippen LogP contribution in [0.5, 0.6) is 0 Å². The summed E-state index contributed by atoms with van der Waals surface area (Å²) in [5.74, 6) is -0.438. The number of aryl methyl sites for hydroxylation is 1. The van der Waals surface area contributed by atoms with Gasteiger partial charge >= 0.3 is 0 Å². The number of rotatable bonds is 5. The van der Waals surface area contributed by atoms with Crippen molar-refractivity contribution >= 4 is 33.8 Å². The average molecular weight is 382 g/mol. The third-order valence-corrected chi connectivity index (χ3v) is 4.75. The number of carbonyl (C=O) groups excluding carboxylic acids is 1. The Morgan fingerprint density at radius 1 is 1.19 bits per heavy atom. The Bertz CT molecular complexity index is 996. The summed E-state index contributed by atoms with van der Waals surface area (Å²) < 4.78 is 0. The molecule has 2 aromatic carbocycles. The van der Waals surface area contributed by atoms with Gasteiger partial charge in [-0.05, 0) is 13.0 Å². The number of aromatic nitrogens is 1. The highest BCUT2D eigenvalue weighted by Crippen LogP contribution is 2.28. The zero-order valence-electron chi connectivity index (χ0n) is 15.1. The topological polar surface area (TPSA) is 88.4 Å². The summed E-state index contributed by atoms with van der Waals surface area (Å²) in [4.78, 5) is 29.4. The van der Waals surface area contributed by atoms with Gasteiger partial charge in [-0.3, -0.25) is 20.2 Å². The lowest BCUT2D eigenvalue weighted by molar-refractivity contribution is -0.384. The second-order valence-electron chi connectivity index (χ2n) is 6.21. The fraction of sp³-hybridized carbons (Fsp3) is 0.158. The van der Waals surface area contributed by atoms with Crippen LogP contribution in [-0.2, 0) is 0 Å². The molecule has 7 nitrogen and oxygen atoms in total. The Hall–Kier alpha value is -3.26. The minimum absolute atomic E-state index is 0.134. The normalized spacial score (nSPS) is 10.5. The van der Waals surface area contributed by atoms with E-state index in [2.05, 4.69) is 10.3 Å². The highest BCUT2D eigenvalue weighted by Gasteiger charge is 2.19. The minimum atomic E-state index is -0.519. The van der Waals surface area contributed by atoms with E-state index < -0.39 is 10.8 Å². The summed E-state index contributed by atoms with van der Waals surface area (Å²) >= 11 is 1.31. The van der Waals surface area contributed by atoms with Gasteiger partial charge in [0.25, 0.3) is 11.6 Å². The number of anilines is 2. The van der Waals surface area contributed by atoms with Crippen molar-refractivity contribution in [1.82, 2.24) is 4.98 Å². The summed E-state index contributed by atoms with van der Waals surface area (Å²) in [7, 11) is 3.55. The lowest BCUT2D eigenvalue weighted by atomic mass is 10.1. The average Bonchev–Trinajstić information content (AvgIpc) is 3.10. The van der Waals surface area contributed by atoms with Crippen molar-refractivity contribution in [2.75, 3.05) is 24.3 Å². The van der Waals surface area contributed by atoms with Crippen molar-refractivity contribution in [3.63, 3.8) is 0 Å². The predicted molar refractivity (Wildman–Crippen MR) is 108 cm³/mol. The van der Waals surface area contributed by atoms with Crippen LogP contribution in [0.1, 0.15) is 15.9 Å². The molecular weight excluding hydrogens is 364 g/mol. The maximum Gasteiger partial charge on any atom is 0.270 e. The Labute approximate surface area is 160 Å². The van der Waals surface area contributed by atoms with Crippen LogP contribution in [0.3, 0.4) is 0 Å². The molecule has 1 N–H and O–H groups in total. The van der Waals surface area contributed by atoms with Gasteiger partial charge in [0.05, 0.1) is 16.2 Å².